The number of carbonyl (C=O) groups is 6. The number of aliphatic carboxylic acids is 1. The van der Waals surface area contributed by atoms with E-state index in [1.807, 2.05) is 19.9 Å². The third-order valence-electron chi connectivity index (χ3n) is 12.8. The van der Waals surface area contributed by atoms with Gasteiger partial charge in [-0.2, -0.15) is 0 Å². The highest BCUT2D eigenvalue weighted by molar-refractivity contribution is 5.93. The van der Waals surface area contributed by atoms with Crippen LogP contribution in [0.25, 0.3) is 0 Å². The number of carbonyl (C=O) groups excluding carboxylic acids is 5. The summed E-state index contributed by atoms with van der Waals surface area (Å²) in [6, 6.07) is -0.597. The number of amides is 1. The van der Waals surface area contributed by atoms with Crippen LogP contribution in [0.3, 0.4) is 0 Å². The molecule has 48 heavy (non-hydrogen) atoms. The summed E-state index contributed by atoms with van der Waals surface area (Å²) in [5, 5.41) is 12.2. The average Bonchev–Trinajstić information content (AvgIpc) is 3.30. The van der Waals surface area contributed by atoms with Crippen LogP contribution in [0.4, 0.5) is 0 Å². The predicted molar refractivity (Wildman–Crippen MR) is 173 cm³/mol. The van der Waals surface area contributed by atoms with Crippen molar-refractivity contribution in [3.63, 3.8) is 0 Å². The molecule has 11 nitrogen and oxygen atoms in total. The van der Waals surface area contributed by atoms with Gasteiger partial charge in [0.1, 0.15) is 0 Å². The predicted octanol–water partition coefficient (Wildman–Crippen LogP) is 4.88. The SMILES string of the molecule is CC(=O)O[C@]1(C(=O)COC(=O)CCC(=O)N[C@H](CC(=O)O)[C@@H]2CCOC(C)(C)C2)CC[C@@H]2[C@H]3CCC4=CC(=O)CC[C@]4(C)[C@H]3CC[C@@]21C. The summed E-state index contributed by atoms with van der Waals surface area (Å²) in [6.45, 7) is 9.43. The maximum atomic E-state index is 14.0. The van der Waals surface area contributed by atoms with Gasteiger partial charge < -0.3 is 24.6 Å². The number of rotatable bonds is 11. The lowest BCUT2D eigenvalue weighted by Crippen LogP contribution is -2.59. The summed E-state index contributed by atoms with van der Waals surface area (Å²) in [4.78, 5) is 75.9. The number of allylic oxidation sites excluding steroid dienone is 1. The lowest BCUT2D eigenvalue weighted by Gasteiger charge is -2.59. The summed E-state index contributed by atoms with van der Waals surface area (Å²) < 4.78 is 17.1. The van der Waals surface area contributed by atoms with Crippen molar-refractivity contribution in [3.8, 4) is 0 Å². The minimum absolute atomic E-state index is 0.0360. The Bertz CT molecular complexity index is 1370. The third kappa shape index (κ3) is 6.98. The molecular formula is C37H53NO10. The summed E-state index contributed by atoms with van der Waals surface area (Å²) in [5.41, 5.74) is -1.23. The van der Waals surface area contributed by atoms with Crippen molar-refractivity contribution in [1.82, 2.24) is 5.32 Å². The lowest BCUT2D eigenvalue weighted by molar-refractivity contribution is -0.191. The number of carboxylic acid groups (broad SMARTS) is 1. The molecule has 0 aromatic carbocycles. The smallest absolute Gasteiger partial charge is 0.306 e. The summed E-state index contributed by atoms with van der Waals surface area (Å²) >= 11 is 0. The summed E-state index contributed by atoms with van der Waals surface area (Å²) in [5.74, 6) is -2.20. The van der Waals surface area contributed by atoms with E-state index in [1.165, 1.54) is 12.5 Å². The van der Waals surface area contributed by atoms with E-state index in [0.717, 1.165) is 32.1 Å². The van der Waals surface area contributed by atoms with Gasteiger partial charge in [0.15, 0.2) is 18.0 Å². The van der Waals surface area contributed by atoms with Gasteiger partial charge in [-0.3, -0.25) is 28.8 Å². The molecule has 5 aliphatic rings. The first-order chi connectivity index (χ1) is 22.5. The van der Waals surface area contributed by atoms with E-state index in [2.05, 4.69) is 19.2 Å². The van der Waals surface area contributed by atoms with Crippen LogP contribution in [0.2, 0.25) is 0 Å². The first kappa shape index (κ1) is 36.2. The van der Waals surface area contributed by atoms with Crippen LogP contribution in [0.15, 0.2) is 11.6 Å². The van der Waals surface area contributed by atoms with Crippen LogP contribution >= 0.6 is 0 Å². The first-order valence-corrected chi connectivity index (χ1v) is 17.8. The van der Waals surface area contributed by atoms with Gasteiger partial charge in [0.2, 0.25) is 11.7 Å². The fourth-order valence-electron chi connectivity index (χ4n) is 10.5. The quantitative estimate of drug-likeness (QED) is 0.290. The molecule has 11 heteroatoms. The number of hydrogen-bond donors (Lipinski definition) is 2. The second-order valence-corrected chi connectivity index (χ2v) is 16.1. The fourth-order valence-corrected chi connectivity index (χ4v) is 10.5. The van der Waals surface area contributed by atoms with Crippen LogP contribution in [-0.2, 0) is 43.0 Å². The van der Waals surface area contributed by atoms with Crippen molar-refractivity contribution in [2.45, 2.75) is 135 Å². The molecule has 1 amide bonds. The average molecular weight is 672 g/mol. The van der Waals surface area contributed by atoms with Crippen molar-refractivity contribution in [2.24, 2.45) is 34.5 Å². The van der Waals surface area contributed by atoms with Gasteiger partial charge in [0, 0.05) is 37.8 Å². The first-order valence-electron chi connectivity index (χ1n) is 17.8. The highest BCUT2D eigenvalue weighted by Gasteiger charge is 2.68. The zero-order valence-electron chi connectivity index (χ0n) is 29.2. The van der Waals surface area contributed by atoms with Gasteiger partial charge in [0.05, 0.1) is 18.4 Å². The summed E-state index contributed by atoms with van der Waals surface area (Å²) in [6.07, 6.45) is 8.19. The van der Waals surface area contributed by atoms with Crippen LogP contribution in [0.1, 0.15) is 118 Å². The van der Waals surface area contributed by atoms with E-state index in [0.29, 0.717) is 50.5 Å². The highest BCUT2D eigenvalue weighted by atomic mass is 16.6. The van der Waals surface area contributed by atoms with Gasteiger partial charge in [-0.05, 0) is 107 Å². The van der Waals surface area contributed by atoms with Crippen molar-refractivity contribution in [3.05, 3.63) is 11.6 Å². The Kier molecular flexibility index (Phi) is 10.3. The standard InChI is InChI=1S/C37H53NO10/c1-22(39)48-37(16-12-28-26-7-6-24-18-25(40)10-14-35(24,4)27(26)11-15-36(28,37)5)30(41)21-46-33(45)9-8-31(42)38-29(19-32(43)44)23-13-17-47-34(2,3)20-23/h18,23,26-29H,6-17,19-21H2,1-5H3,(H,38,42)(H,43,44)/t23-,26+,27+,28-,29-,35+,36+,37+/m1/s1. The zero-order chi connectivity index (χ0) is 35.1. The zero-order valence-corrected chi connectivity index (χ0v) is 29.2. The molecule has 4 aliphatic carbocycles. The minimum Gasteiger partial charge on any atom is -0.481 e. The van der Waals surface area contributed by atoms with Crippen molar-refractivity contribution in [1.29, 1.82) is 0 Å². The minimum atomic E-state index is -1.41. The Hall–Kier alpha value is -3.08. The molecule has 1 heterocycles. The molecule has 0 bridgehead atoms. The maximum Gasteiger partial charge on any atom is 0.306 e. The monoisotopic (exact) mass is 671 g/mol. The number of ether oxygens (including phenoxy) is 3. The number of esters is 2. The number of carboxylic acids is 1. The molecule has 0 aromatic rings. The molecule has 0 unspecified atom stereocenters. The Morgan fingerprint density at radius 1 is 0.979 bits per heavy atom. The molecule has 8 atom stereocenters. The second kappa shape index (κ2) is 13.7. The normalized spacial score (nSPS) is 35.9. The van der Waals surface area contributed by atoms with Crippen LogP contribution < -0.4 is 5.32 Å². The number of fused-ring (bicyclic) bond motifs is 5. The Labute approximate surface area is 283 Å². The van der Waals surface area contributed by atoms with Crippen molar-refractivity contribution in [2.75, 3.05) is 13.2 Å². The molecule has 0 radical (unpaired) electrons. The molecule has 4 fully saturated rings. The van der Waals surface area contributed by atoms with Crippen LogP contribution in [-0.4, -0.2) is 70.9 Å². The van der Waals surface area contributed by atoms with Gasteiger partial charge in [-0.1, -0.05) is 19.4 Å². The molecule has 1 saturated heterocycles. The van der Waals surface area contributed by atoms with E-state index in [-0.39, 0.29) is 42.3 Å². The highest BCUT2D eigenvalue weighted by Crippen LogP contribution is 2.68. The van der Waals surface area contributed by atoms with Gasteiger partial charge >= 0.3 is 17.9 Å². The van der Waals surface area contributed by atoms with Gasteiger partial charge in [-0.15, -0.1) is 0 Å². The van der Waals surface area contributed by atoms with Gasteiger partial charge in [-0.25, -0.2) is 0 Å². The lowest BCUT2D eigenvalue weighted by atomic mass is 9.46. The van der Waals surface area contributed by atoms with Crippen molar-refractivity contribution < 1.29 is 48.1 Å². The number of ketones is 2. The topological polar surface area (TPSA) is 162 Å². The van der Waals surface area contributed by atoms with Gasteiger partial charge in [0.25, 0.3) is 0 Å². The van der Waals surface area contributed by atoms with Crippen molar-refractivity contribution >= 4 is 35.4 Å². The Balaban J connectivity index is 1.20. The van der Waals surface area contributed by atoms with Crippen LogP contribution in [0, 0.1) is 34.5 Å². The summed E-state index contributed by atoms with van der Waals surface area (Å²) in [7, 11) is 0. The van der Waals surface area contributed by atoms with E-state index < -0.39 is 58.9 Å². The molecule has 3 saturated carbocycles. The van der Waals surface area contributed by atoms with E-state index in [1.54, 1.807) is 0 Å². The Morgan fingerprint density at radius 2 is 1.71 bits per heavy atom. The molecule has 0 spiro atoms. The van der Waals surface area contributed by atoms with E-state index in [9.17, 15) is 33.9 Å². The van der Waals surface area contributed by atoms with Crippen LogP contribution in [0.5, 0.6) is 0 Å². The van der Waals surface area contributed by atoms with E-state index in [4.69, 9.17) is 14.2 Å². The molecule has 5 rings (SSSR count). The van der Waals surface area contributed by atoms with E-state index >= 15 is 0 Å². The Morgan fingerprint density at radius 3 is 2.40 bits per heavy atom. The number of Topliss-reactive ketones (excluding diaryl/α,β-unsaturated/α-hetero) is 1. The maximum absolute atomic E-state index is 14.0. The largest absolute Gasteiger partial charge is 0.481 e. The number of hydrogen-bond acceptors (Lipinski definition) is 9. The molecule has 0 aromatic heterocycles. The number of nitrogens with one attached hydrogen (secondary N) is 1. The third-order valence-corrected chi connectivity index (χ3v) is 12.8. The molecule has 2 N–H and O–H groups in total. The second-order valence-electron chi connectivity index (χ2n) is 16.1. The molecule has 1 aliphatic heterocycles. The molecular weight excluding hydrogens is 618 g/mol. The fraction of sp³-hybridized carbons (Fsp3) is 0.784. The molecule has 266 valence electrons.